The minimum absolute atomic E-state index is 0.0852. The molecule has 0 aliphatic heterocycles. The van der Waals surface area contributed by atoms with E-state index in [9.17, 15) is 4.79 Å². The van der Waals surface area contributed by atoms with E-state index in [-0.39, 0.29) is 11.2 Å². The molecule has 1 fully saturated rings. The fraction of sp³-hybridized carbons (Fsp3) is 0.542. The van der Waals surface area contributed by atoms with Crippen molar-refractivity contribution in [3.8, 4) is 0 Å². The van der Waals surface area contributed by atoms with E-state index < -0.39 is 0 Å². The molecule has 1 atom stereocenters. The quantitative estimate of drug-likeness (QED) is 0.361. The summed E-state index contributed by atoms with van der Waals surface area (Å²) in [6.07, 6.45) is 7.97. The number of aromatic nitrogens is 2. The highest BCUT2D eigenvalue weighted by molar-refractivity contribution is 6.28. The lowest BCUT2D eigenvalue weighted by molar-refractivity contribution is -0.129. The van der Waals surface area contributed by atoms with Crippen molar-refractivity contribution in [3.63, 3.8) is 0 Å². The van der Waals surface area contributed by atoms with Gasteiger partial charge in [0.1, 0.15) is 5.82 Å². The molecule has 1 aliphatic rings. The van der Waals surface area contributed by atoms with Gasteiger partial charge in [0, 0.05) is 24.7 Å². The normalized spacial score (nSPS) is 15.5. The third-order valence-electron chi connectivity index (χ3n) is 5.78. The summed E-state index contributed by atoms with van der Waals surface area (Å²) in [5.74, 6) is 1.29. The van der Waals surface area contributed by atoms with Gasteiger partial charge in [0.25, 0.3) is 6.47 Å². The fourth-order valence-electron chi connectivity index (χ4n) is 4.26. The zero-order chi connectivity index (χ0) is 22.2. The summed E-state index contributed by atoms with van der Waals surface area (Å²) >= 11 is 6.02. The van der Waals surface area contributed by atoms with E-state index in [1.54, 1.807) is 6.20 Å². The Hall–Kier alpha value is -2.34. The van der Waals surface area contributed by atoms with Gasteiger partial charge in [-0.2, -0.15) is 0 Å². The van der Waals surface area contributed by atoms with E-state index in [2.05, 4.69) is 59.2 Å². The zero-order valence-electron chi connectivity index (χ0n) is 18.7. The summed E-state index contributed by atoms with van der Waals surface area (Å²) in [7, 11) is 0. The van der Waals surface area contributed by atoms with Crippen molar-refractivity contribution in [2.75, 3.05) is 23.4 Å². The summed E-state index contributed by atoms with van der Waals surface area (Å²) in [5, 5.41) is 3.68. The van der Waals surface area contributed by atoms with Crippen LogP contribution < -0.4 is 10.2 Å². The lowest BCUT2D eigenvalue weighted by atomic mass is 9.92. The maximum atomic E-state index is 10.6. The molecule has 1 aromatic heterocycles. The van der Waals surface area contributed by atoms with E-state index in [1.807, 2.05) is 6.07 Å². The highest BCUT2D eigenvalue weighted by Crippen LogP contribution is 2.36. The lowest BCUT2D eigenvalue weighted by Crippen LogP contribution is -2.39. The molecule has 6 nitrogen and oxygen atoms in total. The van der Waals surface area contributed by atoms with E-state index in [4.69, 9.17) is 16.3 Å². The molecular weight excluding hydrogens is 412 g/mol. The number of hydrogen-bond acceptors (Lipinski definition) is 6. The van der Waals surface area contributed by atoms with Gasteiger partial charge in [-0.15, -0.1) is 0 Å². The maximum Gasteiger partial charge on any atom is 0.293 e. The number of nitrogens with one attached hydrogen (secondary N) is 1. The van der Waals surface area contributed by atoms with Crippen LogP contribution in [0.25, 0.3) is 0 Å². The van der Waals surface area contributed by atoms with Crippen LogP contribution in [0.15, 0.2) is 30.5 Å². The Morgan fingerprint density at radius 3 is 2.68 bits per heavy atom. The molecule has 1 aromatic carbocycles. The van der Waals surface area contributed by atoms with Crippen LogP contribution in [0.4, 0.5) is 17.2 Å². The first-order chi connectivity index (χ1) is 15.0. The average Bonchev–Trinajstić information content (AvgIpc) is 2.76. The fourth-order valence-corrected chi connectivity index (χ4v) is 4.41. The molecular formula is C24H33ClN4O2. The van der Waals surface area contributed by atoms with Crippen molar-refractivity contribution in [1.29, 1.82) is 0 Å². The van der Waals surface area contributed by atoms with Gasteiger partial charge in [0.05, 0.1) is 18.0 Å². The highest BCUT2D eigenvalue weighted by Gasteiger charge is 2.25. The molecule has 0 spiro atoms. The number of carbonyl (C=O) groups excluding carboxylic acids is 1. The highest BCUT2D eigenvalue weighted by atomic mass is 35.5. The minimum Gasteiger partial charge on any atom is -0.467 e. The molecule has 31 heavy (non-hydrogen) atoms. The van der Waals surface area contributed by atoms with Gasteiger partial charge in [-0.3, -0.25) is 4.79 Å². The third kappa shape index (κ3) is 6.57. The summed E-state index contributed by atoms with van der Waals surface area (Å²) in [6.45, 7) is 8.42. The topological polar surface area (TPSA) is 67.3 Å². The molecule has 168 valence electrons. The first kappa shape index (κ1) is 23.3. The van der Waals surface area contributed by atoms with Crippen molar-refractivity contribution in [3.05, 3.63) is 41.3 Å². The molecule has 1 N–H and O–H groups in total. The summed E-state index contributed by atoms with van der Waals surface area (Å²) in [6, 6.07) is 8.82. The number of benzene rings is 1. The van der Waals surface area contributed by atoms with Crippen molar-refractivity contribution >= 4 is 35.3 Å². The SMILES string of the molecule is CC(C)CN(c1ccc([C@@H](C)COC=O)cc1Nc1ccnc(Cl)n1)C1CCCCC1. The van der Waals surface area contributed by atoms with Gasteiger partial charge in [-0.25, -0.2) is 9.97 Å². The minimum atomic E-state index is 0.0852. The number of rotatable bonds is 10. The van der Waals surface area contributed by atoms with Crippen LogP contribution in [0, 0.1) is 5.92 Å². The Balaban J connectivity index is 1.99. The second kappa shape index (κ2) is 11.3. The van der Waals surface area contributed by atoms with Crippen LogP contribution in [0.2, 0.25) is 5.28 Å². The van der Waals surface area contributed by atoms with Gasteiger partial charge < -0.3 is 15.0 Å². The van der Waals surface area contributed by atoms with Crippen molar-refractivity contribution in [2.24, 2.45) is 5.92 Å². The molecule has 2 aromatic rings. The zero-order valence-corrected chi connectivity index (χ0v) is 19.4. The van der Waals surface area contributed by atoms with E-state index in [0.717, 1.165) is 17.8 Å². The molecule has 0 amide bonds. The van der Waals surface area contributed by atoms with Gasteiger partial charge in [0.2, 0.25) is 5.28 Å². The molecule has 0 bridgehead atoms. The number of anilines is 3. The van der Waals surface area contributed by atoms with Gasteiger partial charge in [-0.1, -0.05) is 46.1 Å². The predicted molar refractivity (Wildman–Crippen MR) is 126 cm³/mol. The monoisotopic (exact) mass is 444 g/mol. The molecule has 1 saturated carbocycles. The Bertz CT molecular complexity index is 855. The third-order valence-corrected chi connectivity index (χ3v) is 5.96. The average molecular weight is 445 g/mol. The number of ether oxygens (including phenoxy) is 1. The molecule has 7 heteroatoms. The summed E-state index contributed by atoms with van der Waals surface area (Å²) < 4.78 is 5.00. The molecule has 0 unspecified atom stereocenters. The maximum absolute atomic E-state index is 10.6. The van der Waals surface area contributed by atoms with Gasteiger partial charge >= 0.3 is 0 Å². The van der Waals surface area contributed by atoms with Gasteiger partial charge in [0.15, 0.2) is 0 Å². The van der Waals surface area contributed by atoms with Gasteiger partial charge in [-0.05, 0) is 54.1 Å². The number of hydrogen-bond donors (Lipinski definition) is 1. The Morgan fingerprint density at radius 2 is 2.00 bits per heavy atom. The van der Waals surface area contributed by atoms with Crippen LogP contribution >= 0.6 is 11.6 Å². The van der Waals surface area contributed by atoms with Crippen LogP contribution in [0.3, 0.4) is 0 Å². The van der Waals surface area contributed by atoms with Crippen LogP contribution in [0.1, 0.15) is 64.4 Å². The molecule has 1 aliphatic carbocycles. The van der Waals surface area contributed by atoms with E-state index >= 15 is 0 Å². The van der Waals surface area contributed by atoms with E-state index in [0.29, 0.717) is 30.9 Å². The molecule has 0 radical (unpaired) electrons. The van der Waals surface area contributed by atoms with Crippen LogP contribution in [0.5, 0.6) is 0 Å². The standard InChI is InChI=1S/C24H33ClN4O2/c1-17(2)14-29(20-7-5-4-6-8-20)22-10-9-19(18(3)15-31-16-30)13-21(22)27-23-11-12-26-24(25)28-23/h9-13,16-18,20H,4-8,14-15H2,1-3H3,(H,26,27,28)/t18-/m0/s1. The number of halogens is 1. The molecule has 0 saturated heterocycles. The lowest BCUT2D eigenvalue weighted by Gasteiger charge is -2.38. The van der Waals surface area contributed by atoms with Crippen molar-refractivity contribution in [2.45, 2.75) is 64.8 Å². The Morgan fingerprint density at radius 1 is 1.23 bits per heavy atom. The van der Waals surface area contributed by atoms with Crippen LogP contribution in [-0.2, 0) is 9.53 Å². The largest absolute Gasteiger partial charge is 0.467 e. The second-order valence-corrected chi connectivity index (χ2v) is 9.12. The van der Waals surface area contributed by atoms with Crippen molar-refractivity contribution < 1.29 is 9.53 Å². The predicted octanol–water partition coefficient (Wildman–Crippen LogP) is 5.95. The first-order valence-electron chi connectivity index (χ1n) is 11.2. The number of nitrogens with zero attached hydrogens (tertiary/aromatic N) is 3. The van der Waals surface area contributed by atoms with E-state index in [1.165, 1.54) is 37.8 Å². The summed E-state index contributed by atoms with van der Waals surface area (Å²) in [4.78, 5) is 21.5. The smallest absolute Gasteiger partial charge is 0.293 e. The van der Waals surface area contributed by atoms with Crippen molar-refractivity contribution in [1.82, 2.24) is 9.97 Å². The van der Waals surface area contributed by atoms with Crippen LogP contribution in [-0.4, -0.2) is 35.6 Å². The second-order valence-electron chi connectivity index (χ2n) is 8.78. The Labute approximate surface area is 190 Å². The summed E-state index contributed by atoms with van der Waals surface area (Å²) in [5.41, 5.74) is 3.25. The Kier molecular flexibility index (Phi) is 8.52. The number of carbonyl (C=O) groups is 1. The molecule has 1 heterocycles. The molecule has 3 rings (SSSR count). The first-order valence-corrected chi connectivity index (χ1v) is 11.6.